The summed E-state index contributed by atoms with van der Waals surface area (Å²) in [5, 5.41) is 24.9. The molecule has 2 rings (SSSR count). The summed E-state index contributed by atoms with van der Waals surface area (Å²) in [7, 11) is 0. The summed E-state index contributed by atoms with van der Waals surface area (Å²) in [5.41, 5.74) is 11.1. The van der Waals surface area contributed by atoms with Crippen molar-refractivity contribution in [2.45, 2.75) is 51.2 Å². The molecule has 1 heterocycles. The van der Waals surface area contributed by atoms with Crippen molar-refractivity contribution in [3.8, 4) is 0 Å². The fourth-order valence-electron chi connectivity index (χ4n) is 2.09. The van der Waals surface area contributed by atoms with Crippen LogP contribution in [0.2, 0.25) is 0 Å². The van der Waals surface area contributed by atoms with E-state index in [2.05, 4.69) is 0 Å². The van der Waals surface area contributed by atoms with E-state index < -0.39 is 47.8 Å². The van der Waals surface area contributed by atoms with Gasteiger partial charge in [0.05, 0.1) is 0 Å². The highest BCUT2D eigenvalue weighted by Crippen LogP contribution is 2.15. The number of carbonyl (C=O) groups excluding carboxylic acids is 2. The van der Waals surface area contributed by atoms with Gasteiger partial charge in [-0.2, -0.15) is 0 Å². The molecule has 30 heavy (non-hydrogen) atoms. The Balaban J connectivity index is 0.000000447. The quantitative estimate of drug-likeness (QED) is 0.375. The van der Waals surface area contributed by atoms with E-state index in [0.29, 0.717) is 6.42 Å². The summed E-state index contributed by atoms with van der Waals surface area (Å²) in [5.74, 6) is -3.86. The SMILES string of the molecule is C[C@@H](C(=O)O)N1C(=O)CCC1=O.C[C@H](N)C(=O)O.N[C@@H](Cc1ccccc1)C(=O)O. The highest BCUT2D eigenvalue weighted by atomic mass is 16.4. The Hall–Kier alpha value is -3.31. The first kappa shape index (κ1) is 26.7. The van der Waals surface area contributed by atoms with E-state index in [0.717, 1.165) is 10.5 Å². The van der Waals surface area contributed by atoms with Crippen LogP contribution in [0.15, 0.2) is 30.3 Å². The van der Waals surface area contributed by atoms with Crippen molar-refractivity contribution in [3.63, 3.8) is 0 Å². The fraction of sp³-hybridized carbons (Fsp3) is 0.421. The number of amides is 2. The van der Waals surface area contributed by atoms with E-state index in [1.165, 1.54) is 13.8 Å². The smallest absolute Gasteiger partial charge is 0.326 e. The zero-order chi connectivity index (χ0) is 23.4. The summed E-state index contributed by atoms with van der Waals surface area (Å²) >= 11 is 0. The molecule has 2 amide bonds. The summed E-state index contributed by atoms with van der Waals surface area (Å²) in [6, 6.07) is 6.78. The zero-order valence-electron chi connectivity index (χ0n) is 16.7. The van der Waals surface area contributed by atoms with Gasteiger partial charge in [0, 0.05) is 12.8 Å². The molecule has 1 fully saturated rings. The van der Waals surface area contributed by atoms with Gasteiger partial charge < -0.3 is 26.8 Å². The predicted molar refractivity (Wildman–Crippen MR) is 105 cm³/mol. The summed E-state index contributed by atoms with van der Waals surface area (Å²) in [6.45, 7) is 2.74. The van der Waals surface area contributed by atoms with Crippen molar-refractivity contribution >= 4 is 29.7 Å². The molecule has 0 spiro atoms. The number of nitrogens with two attached hydrogens (primary N) is 2. The number of benzene rings is 1. The standard InChI is InChI=1S/C9H11NO2.C7H9NO4.C3H7NO2/c10-8(9(11)12)6-7-4-2-1-3-5-7;1-4(7(11)12)8-5(9)2-3-6(8)10;1-2(4)3(5)6/h1-5,8H,6,10H2,(H,11,12);4H,2-3H2,1H3,(H,11,12);2H,4H2,1H3,(H,5,6)/t8-;4-;2-/m000/s1. The molecule has 0 unspecified atom stereocenters. The third-order valence-corrected chi connectivity index (χ3v) is 3.84. The maximum absolute atomic E-state index is 11.0. The number of imide groups is 1. The molecule has 1 aromatic rings. The van der Waals surface area contributed by atoms with Crippen LogP contribution in [0.25, 0.3) is 0 Å². The van der Waals surface area contributed by atoms with Gasteiger partial charge in [0.25, 0.3) is 0 Å². The summed E-state index contributed by atoms with van der Waals surface area (Å²) in [6.07, 6.45) is 0.656. The van der Waals surface area contributed by atoms with Crippen LogP contribution in [-0.4, -0.2) is 68.1 Å². The zero-order valence-corrected chi connectivity index (χ0v) is 16.7. The highest BCUT2D eigenvalue weighted by molar-refractivity contribution is 6.04. The van der Waals surface area contributed by atoms with Crippen molar-refractivity contribution in [3.05, 3.63) is 35.9 Å². The number of nitrogens with zero attached hydrogens (tertiary/aromatic N) is 1. The lowest BCUT2D eigenvalue weighted by Crippen LogP contribution is -2.42. The molecule has 11 nitrogen and oxygen atoms in total. The van der Waals surface area contributed by atoms with Gasteiger partial charge in [-0.15, -0.1) is 0 Å². The first-order chi connectivity index (χ1) is 13.9. The predicted octanol–water partition coefficient (Wildman–Crippen LogP) is -0.332. The molecular formula is C19H27N3O8. The Bertz CT molecular complexity index is 735. The average molecular weight is 425 g/mol. The van der Waals surface area contributed by atoms with Crippen molar-refractivity contribution in [2.75, 3.05) is 0 Å². The number of hydrogen-bond acceptors (Lipinski definition) is 7. The van der Waals surface area contributed by atoms with E-state index in [1.54, 1.807) is 0 Å². The molecule has 166 valence electrons. The summed E-state index contributed by atoms with van der Waals surface area (Å²) in [4.78, 5) is 53.1. The molecule has 0 aliphatic carbocycles. The van der Waals surface area contributed by atoms with Crippen molar-refractivity contribution in [1.29, 1.82) is 0 Å². The molecule has 1 saturated heterocycles. The molecule has 1 aromatic carbocycles. The molecule has 7 N–H and O–H groups in total. The molecule has 11 heteroatoms. The van der Waals surface area contributed by atoms with Gasteiger partial charge in [-0.3, -0.25) is 24.1 Å². The number of rotatable bonds is 6. The minimum Gasteiger partial charge on any atom is -0.480 e. The minimum absolute atomic E-state index is 0.135. The second kappa shape index (κ2) is 13.0. The minimum atomic E-state index is -1.15. The van der Waals surface area contributed by atoms with Crippen LogP contribution in [0.4, 0.5) is 0 Å². The van der Waals surface area contributed by atoms with Gasteiger partial charge in [-0.1, -0.05) is 30.3 Å². The number of carboxylic acids is 3. The molecule has 0 radical (unpaired) electrons. The van der Waals surface area contributed by atoms with E-state index in [1.807, 2.05) is 30.3 Å². The number of hydrogen-bond donors (Lipinski definition) is 5. The number of carboxylic acid groups (broad SMARTS) is 3. The maximum atomic E-state index is 11.0. The van der Waals surface area contributed by atoms with Gasteiger partial charge in [-0.25, -0.2) is 4.79 Å². The van der Waals surface area contributed by atoms with E-state index in [4.69, 9.17) is 26.8 Å². The molecule has 0 saturated carbocycles. The number of aliphatic carboxylic acids is 3. The second-order valence-electron chi connectivity index (χ2n) is 6.43. The Labute approximate surface area is 173 Å². The van der Waals surface area contributed by atoms with Crippen LogP contribution in [0.5, 0.6) is 0 Å². The van der Waals surface area contributed by atoms with E-state index in [9.17, 15) is 24.0 Å². The lowest BCUT2D eigenvalue weighted by atomic mass is 10.1. The van der Waals surface area contributed by atoms with Crippen molar-refractivity contribution in [1.82, 2.24) is 4.90 Å². The summed E-state index contributed by atoms with van der Waals surface area (Å²) < 4.78 is 0. The van der Waals surface area contributed by atoms with Crippen LogP contribution in [0.1, 0.15) is 32.3 Å². The fourth-order valence-corrected chi connectivity index (χ4v) is 2.09. The van der Waals surface area contributed by atoms with Crippen LogP contribution in [0.3, 0.4) is 0 Å². The van der Waals surface area contributed by atoms with Gasteiger partial charge in [0.2, 0.25) is 11.8 Å². The van der Waals surface area contributed by atoms with Crippen LogP contribution < -0.4 is 11.5 Å². The van der Waals surface area contributed by atoms with Gasteiger partial charge >= 0.3 is 17.9 Å². The van der Waals surface area contributed by atoms with Crippen LogP contribution >= 0.6 is 0 Å². The Morgan fingerprint density at radius 3 is 1.67 bits per heavy atom. The normalized spacial score (nSPS) is 15.7. The molecule has 0 bridgehead atoms. The highest BCUT2D eigenvalue weighted by Gasteiger charge is 2.35. The number of likely N-dealkylation sites (tertiary alicyclic amines) is 1. The lowest BCUT2D eigenvalue weighted by Gasteiger charge is -2.17. The van der Waals surface area contributed by atoms with Crippen molar-refractivity contribution < 1.29 is 39.3 Å². The Kier molecular flexibility index (Phi) is 11.6. The topological polar surface area (TPSA) is 201 Å². The largest absolute Gasteiger partial charge is 0.480 e. The first-order valence-corrected chi connectivity index (χ1v) is 8.96. The lowest BCUT2D eigenvalue weighted by molar-refractivity contribution is -0.153. The van der Waals surface area contributed by atoms with Crippen molar-refractivity contribution in [2.24, 2.45) is 11.5 Å². The number of carbonyl (C=O) groups is 5. The Morgan fingerprint density at radius 1 is 0.900 bits per heavy atom. The van der Waals surface area contributed by atoms with Crippen LogP contribution in [0, 0.1) is 0 Å². The molecule has 1 aliphatic rings. The first-order valence-electron chi connectivity index (χ1n) is 8.96. The van der Waals surface area contributed by atoms with Gasteiger partial charge in [0.15, 0.2) is 0 Å². The molecule has 0 aromatic heterocycles. The average Bonchev–Trinajstić information content (AvgIpc) is 3.01. The monoisotopic (exact) mass is 425 g/mol. The van der Waals surface area contributed by atoms with Crippen LogP contribution in [-0.2, 0) is 30.4 Å². The molecular weight excluding hydrogens is 398 g/mol. The van der Waals surface area contributed by atoms with Gasteiger partial charge in [0.1, 0.15) is 18.1 Å². The second-order valence-corrected chi connectivity index (χ2v) is 6.43. The molecule has 3 atom stereocenters. The van der Waals surface area contributed by atoms with E-state index >= 15 is 0 Å². The third-order valence-electron chi connectivity index (χ3n) is 3.84. The van der Waals surface area contributed by atoms with Gasteiger partial charge in [-0.05, 0) is 25.8 Å². The third kappa shape index (κ3) is 9.75. The van der Waals surface area contributed by atoms with E-state index in [-0.39, 0.29) is 12.8 Å². The molecule has 1 aliphatic heterocycles. The maximum Gasteiger partial charge on any atom is 0.326 e. The Morgan fingerprint density at radius 2 is 1.33 bits per heavy atom.